The molecule has 0 aromatic rings. The van der Waals surface area contributed by atoms with Gasteiger partial charge in [0, 0.05) is 31.9 Å². The number of hydrogen-bond donors (Lipinski definition) is 1. The zero-order chi connectivity index (χ0) is 12.4. The molecular weight excluding hydrogens is 226 g/mol. The molecule has 18 heavy (non-hydrogen) atoms. The Bertz CT molecular complexity index is 270. The molecule has 3 fully saturated rings. The van der Waals surface area contributed by atoms with Crippen LogP contribution < -0.4 is 5.32 Å². The second-order valence-corrected chi connectivity index (χ2v) is 6.50. The highest BCUT2D eigenvalue weighted by molar-refractivity contribution is 4.99. The van der Waals surface area contributed by atoms with E-state index in [9.17, 15) is 0 Å². The van der Waals surface area contributed by atoms with E-state index < -0.39 is 0 Å². The monoisotopic (exact) mass is 253 g/mol. The van der Waals surface area contributed by atoms with Gasteiger partial charge >= 0.3 is 0 Å². The predicted octanol–water partition coefficient (Wildman–Crippen LogP) is 2.35. The summed E-state index contributed by atoms with van der Waals surface area (Å²) in [6.45, 7) is 6.21. The summed E-state index contributed by atoms with van der Waals surface area (Å²) >= 11 is 0. The van der Waals surface area contributed by atoms with Gasteiger partial charge in [-0.2, -0.15) is 0 Å². The van der Waals surface area contributed by atoms with E-state index in [1.54, 1.807) is 0 Å². The van der Waals surface area contributed by atoms with Crippen LogP contribution in [0.4, 0.5) is 0 Å². The molecule has 3 heteroatoms. The van der Waals surface area contributed by atoms with Crippen molar-refractivity contribution in [3.63, 3.8) is 0 Å². The zero-order valence-electron chi connectivity index (χ0n) is 11.6. The van der Waals surface area contributed by atoms with E-state index >= 15 is 0 Å². The van der Waals surface area contributed by atoms with Gasteiger partial charge < -0.3 is 14.8 Å². The minimum Gasteiger partial charge on any atom is -0.381 e. The number of hydrogen-bond acceptors (Lipinski definition) is 3. The van der Waals surface area contributed by atoms with Crippen molar-refractivity contribution in [1.29, 1.82) is 0 Å². The molecule has 0 aromatic heterocycles. The zero-order valence-corrected chi connectivity index (χ0v) is 11.6. The topological polar surface area (TPSA) is 30.5 Å². The summed E-state index contributed by atoms with van der Waals surface area (Å²) < 4.78 is 11.1. The highest BCUT2D eigenvalue weighted by Gasteiger charge is 2.44. The lowest BCUT2D eigenvalue weighted by Crippen LogP contribution is -2.49. The lowest BCUT2D eigenvalue weighted by Gasteiger charge is -2.41. The third-order valence-corrected chi connectivity index (χ3v) is 5.53. The molecule has 2 heterocycles. The fourth-order valence-corrected chi connectivity index (χ4v) is 4.18. The number of nitrogens with one attached hydrogen (secondary N) is 1. The Morgan fingerprint density at radius 2 is 1.89 bits per heavy atom. The first-order chi connectivity index (χ1) is 8.80. The molecule has 1 spiro atoms. The van der Waals surface area contributed by atoms with Crippen molar-refractivity contribution < 1.29 is 9.47 Å². The fourth-order valence-electron chi connectivity index (χ4n) is 4.18. The van der Waals surface area contributed by atoms with Crippen molar-refractivity contribution in [3.8, 4) is 0 Å². The molecule has 3 rings (SSSR count). The van der Waals surface area contributed by atoms with Crippen LogP contribution >= 0.6 is 0 Å². The molecule has 0 radical (unpaired) electrons. The van der Waals surface area contributed by atoms with E-state index in [0.29, 0.717) is 11.5 Å². The molecular formula is C15H27NO2. The quantitative estimate of drug-likeness (QED) is 0.837. The number of rotatable bonds is 3. The first-order valence-electron chi connectivity index (χ1n) is 7.72. The summed E-state index contributed by atoms with van der Waals surface area (Å²) in [6, 6.07) is 1.33. The van der Waals surface area contributed by atoms with E-state index in [0.717, 1.165) is 38.4 Å². The molecule has 0 aromatic carbocycles. The minimum atomic E-state index is 0.548. The Labute approximate surface area is 111 Å². The lowest BCUT2D eigenvalue weighted by molar-refractivity contribution is 0.00142. The van der Waals surface area contributed by atoms with Gasteiger partial charge in [-0.25, -0.2) is 0 Å². The van der Waals surface area contributed by atoms with Crippen LogP contribution in [0.3, 0.4) is 0 Å². The van der Waals surface area contributed by atoms with Crippen LogP contribution in [0.1, 0.15) is 45.4 Å². The maximum absolute atomic E-state index is 5.56. The molecule has 0 amide bonds. The Hall–Kier alpha value is -0.120. The van der Waals surface area contributed by atoms with Crippen LogP contribution in [0.2, 0.25) is 0 Å². The normalized spacial score (nSPS) is 37.2. The summed E-state index contributed by atoms with van der Waals surface area (Å²) in [5, 5.41) is 3.95. The first kappa shape index (κ1) is 12.9. The van der Waals surface area contributed by atoms with Gasteiger partial charge in [-0.3, -0.25) is 0 Å². The summed E-state index contributed by atoms with van der Waals surface area (Å²) in [5.41, 5.74) is 0.548. The molecule has 1 N–H and O–H groups in total. The van der Waals surface area contributed by atoms with Gasteiger partial charge in [0.2, 0.25) is 0 Å². The van der Waals surface area contributed by atoms with Gasteiger partial charge in [-0.15, -0.1) is 0 Å². The Balaban J connectivity index is 1.60. The van der Waals surface area contributed by atoms with E-state index in [1.807, 2.05) is 0 Å². The fraction of sp³-hybridized carbons (Fsp3) is 1.00. The van der Waals surface area contributed by atoms with Crippen LogP contribution in [0.5, 0.6) is 0 Å². The van der Waals surface area contributed by atoms with E-state index in [1.165, 1.54) is 38.5 Å². The average Bonchev–Trinajstić information content (AvgIpc) is 3.02. The highest BCUT2D eigenvalue weighted by Crippen LogP contribution is 2.46. The molecule has 3 nitrogen and oxygen atoms in total. The second kappa shape index (κ2) is 5.48. The van der Waals surface area contributed by atoms with Gasteiger partial charge in [-0.1, -0.05) is 6.42 Å². The van der Waals surface area contributed by atoms with E-state index in [4.69, 9.17) is 9.47 Å². The van der Waals surface area contributed by atoms with Crippen molar-refractivity contribution in [2.75, 3.05) is 26.4 Å². The summed E-state index contributed by atoms with van der Waals surface area (Å²) in [6.07, 6.45) is 7.92. The van der Waals surface area contributed by atoms with Crippen molar-refractivity contribution in [3.05, 3.63) is 0 Å². The largest absolute Gasteiger partial charge is 0.381 e. The molecule has 2 aliphatic heterocycles. The van der Waals surface area contributed by atoms with Crippen molar-refractivity contribution >= 4 is 0 Å². The van der Waals surface area contributed by atoms with Gasteiger partial charge in [0.05, 0.1) is 6.61 Å². The van der Waals surface area contributed by atoms with Crippen LogP contribution in [0, 0.1) is 11.3 Å². The smallest absolute Gasteiger partial charge is 0.0509 e. The van der Waals surface area contributed by atoms with E-state index in [2.05, 4.69) is 12.2 Å². The highest BCUT2D eigenvalue weighted by atomic mass is 16.5. The van der Waals surface area contributed by atoms with Crippen LogP contribution in [0.15, 0.2) is 0 Å². The Kier molecular flexibility index (Phi) is 3.92. The molecule has 1 saturated carbocycles. The van der Waals surface area contributed by atoms with E-state index in [-0.39, 0.29) is 0 Å². The average molecular weight is 253 g/mol. The maximum Gasteiger partial charge on any atom is 0.0509 e. The van der Waals surface area contributed by atoms with Crippen LogP contribution in [-0.4, -0.2) is 38.5 Å². The van der Waals surface area contributed by atoms with Crippen molar-refractivity contribution in [1.82, 2.24) is 5.32 Å². The van der Waals surface area contributed by atoms with Crippen LogP contribution in [-0.2, 0) is 9.47 Å². The van der Waals surface area contributed by atoms with Crippen molar-refractivity contribution in [2.45, 2.75) is 57.5 Å². The third kappa shape index (κ3) is 2.45. The third-order valence-electron chi connectivity index (χ3n) is 5.53. The molecule has 3 atom stereocenters. The number of ether oxygens (including phenoxy) is 2. The molecule has 0 bridgehead atoms. The summed E-state index contributed by atoms with van der Waals surface area (Å²) in [5.74, 6) is 0.725. The molecule has 2 saturated heterocycles. The molecule has 3 unspecified atom stereocenters. The lowest BCUT2D eigenvalue weighted by atomic mass is 9.75. The van der Waals surface area contributed by atoms with Gasteiger partial charge in [0.25, 0.3) is 0 Å². The van der Waals surface area contributed by atoms with Gasteiger partial charge in [-0.05, 0) is 50.4 Å². The van der Waals surface area contributed by atoms with Crippen molar-refractivity contribution in [2.24, 2.45) is 11.3 Å². The molecule has 3 aliphatic rings. The summed E-state index contributed by atoms with van der Waals surface area (Å²) in [7, 11) is 0. The van der Waals surface area contributed by atoms with Crippen LogP contribution in [0.25, 0.3) is 0 Å². The van der Waals surface area contributed by atoms with Gasteiger partial charge in [0.1, 0.15) is 0 Å². The minimum absolute atomic E-state index is 0.548. The maximum atomic E-state index is 5.56. The first-order valence-corrected chi connectivity index (χ1v) is 7.72. The predicted molar refractivity (Wildman–Crippen MR) is 71.6 cm³/mol. The second-order valence-electron chi connectivity index (χ2n) is 6.50. The Morgan fingerprint density at radius 1 is 1.06 bits per heavy atom. The molecule has 104 valence electrons. The Morgan fingerprint density at radius 3 is 2.61 bits per heavy atom. The SMILES string of the molecule is CC(NC1CCCC12CCOCC2)C1CCOC1. The molecule has 1 aliphatic carbocycles. The standard InChI is InChI=1S/C15H27NO2/c1-12(13-4-8-18-11-13)16-14-3-2-5-15(14)6-9-17-10-7-15/h12-14,16H,2-11H2,1H3. The van der Waals surface area contributed by atoms with Gasteiger partial charge in [0.15, 0.2) is 0 Å². The summed E-state index contributed by atoms with van der Waals surface area (Å²) in [4.78, 5) is 0.